The van der Waals surface area contributed by atoms with E-state index in [2.05, 4.69) is 25.4 Å². The van der Waals surface area contributed by atoms with Gasteiger partial charge in [-0.25, -0.2) is 18.5 Å². The first-order valence-electron chi connectivity index (χ1n) is 7.15. The molecule has 0 aliphatic heterocycles. The molecule has 25 heavy (non-hydrogen) atoms. The maximum Gasteiger partial charge on any atom is 0.240 e. The van der Waals surface area contributed by atoms with E-state index in [9.17, 15) is 13.5 Å². The number of hydrogen-bond donors (Lipinski definition) is 4. The first-order valence-corrected chi connectivity index (χ1v) is 8.70. The number of hydrogen-bond acceptors (Lipinski definition) is 6. The molecule has 0 fully saturated rings. The van der Waals surface area contributed by atoms with Crippen LogP contribution in [-0.2, 0) is 10.0 Å². The minimum absolute atomic E-state index is 0.0154. The summed E-state index contributed by atoms with van der Waals surface area (Å²) in [6, 6.07) is 9.25. The molecule has 0 unspecified atom stereocenters. The molecule has 0 aliphatic rings. The van der Waals surface area contributed by atoms with E-state index in [1.165, 1.54) is 24.3 Å². The lowest BCUT2D eigenvalue weighted by atomic mass is 10.2. The van der Waals surface area contributed by atoms with Crippen LogP contribution in [0.3, 0.4) is 0 Å². The molecule has 2 heterocycles. The van der Waals surface area contributed by atoms with Crippen molar-refractivity contribution in [3.63, 3.8) is 0 Å². The molecular weight excluding hydrogens is 344 g/mol. The van der Waals surface area contributed by atoms with Crippen molar-refractivity contribution in [1.82, 2.24) is 15.2 Å². The average Bonchev–Trinajstić information content (AvgIpc) is 3.15. The van der Waals surface area contributed by atoms with Crippen LogP contribution in [0.15, 0.2) is 57.7 Å². The zero-order chi connectivity index (χ0) is 17.6. The summed E-state index contributed by atoms with van der Waals surface area (Å²) in [5, 5.41) is 30.7. The second-order valence-corrected chi connectivity index (χ2v) is 6.92. The molecule has 0 radical (unpaired) electrons. The molecule has 10 heteroatoms. The summed E-state index contributed by atoms with van der Waals surface area (Å²) in [7, 11) is -3.76. The Balaban J connectivity index is 1.79. The third-order valence-corrected chi connectivity index (χ3v) is 4.68. The van der Waals surface area contributed by atoms with Crippen molar-refractivity contribution in [2.75, 3.05) is 0 Å². The predicted molar refractivity (Wildman–Crippen MR) is 91.6 cm³/mol. The number of primary sulfonamides is 1. The summed E-state index contributed by atoms with van der Waals surface area (Å²) in [6.07, 6.45) is 1.78. The van der Waals surface area contributed by atoms with E-state index in [-0.39, 0.29) is 16.5 Å². The second-order valence-electron chi connectivity index (χ2n) is 5.36. The fourth-order valence-electron chi connectivity index (χ4n) is 2.57. The number of sulfonamides is 1. The van der Waals surface area contributed by atoms with E-state index < -0.39 is 10.0 Å². The number of azo groups is 1. The Hall–Kier alpha value is -3.24. The monoisotopic (exact) mass is 356 g/mol. The third kappa shape index (κ3) is 2.62. The topological polar surface area (TPSA) is 150 Å². The molecule has 9 nitrogen and oxygen atoms in total. The van der Waals surface area contributed by atoms with Gasteiger partial charge in [0.1, 0.15) is 0 Å². The Morgan fingerprint density at radius 2 is 1.84 bits per heavy atom. The smallest absolute Gasteiger partial charge is 0.240 e. The van der Waals surface area contributed by atoms with Crippen LogP contribution in [-0.4, -0.2) is 28.7 Å². The Labute approximate surface area is 141 Å². The van der Waals surface area contributed by atoms with Crippen LogP contribution >= 0.6 is 0 Å². The number of nitrogens with one attached hydrogen (secondary N) is 2. The Morgan fingerprint density at radius 1 is 1.08 bits per heavy atom. The average molecular weight is 356 g/mol. The Kier molecular flexibility index (Phi) is 3.30. The fraction of sp³-hybridized carbons (Fsp3) is 0. The molecule has 126 valence electrons. The molecule has 4 rings (SSSR count). The van der Waals surface area contributed by atoms with Crippen LogP contribution in [0.25, 0.3) is 21.8 Å². The number of benzene rings is 2. The maximum atomic E-state index is 11.3. The van der Waals surface area contributed by atoms with Crippen LogP contribution in [0.1, 0.15) is 0 Å². The SMILES string of the molecule is NS(=O)(=O)c1ccc(N=Nc2c(O)nc3ccc4c[nH][nH]c4c23)cc1. The predicted octanol–water partition coefficient (Wildman–Crippen LogP) is 2.81. The normalized spacial score (nSPS) is 12.5. The summed E-state index contributed by atoms with van der Waals surface area (Å²) in [5.74, 6) is -0.234. The van der Waals surface area contributed by atoms with Crippen molar-refractivity contribution in [2.45, 2.75) is 4.90 Å². The number of rotatable bonds is 3. The molecular formula is C15H12N6O3S. The van der Waals surface area contributed by atoms with Gasteiger partial charge in [-0.2, -0.15) is 5.11 Å². The highest BCUT2D eigenvalue weighted by molar-refractivity contribution is 7.89. The number of aromatic amines is 2. The molecule has 4 aromatic rings. The van der Waals surface area contributed by atoms with Crippen molar-refractivity contribution >= 4 is 43.2 Å². The Morgan fingerprint density at radius 3 is 2.56 bits per heavy atom. The van der Waals surface area contributed by atoms with Crippen LogP contribution in [0.5, 0.6) is 5.88 Å². The van der Waals surface area contributed by atoms with E-state index >= 15 is 0 Å². The molecule has 0 aliphatic carbocycles. The van der Waals surface area contributed by atoms with Crippen molar-refractivity contribution in [2.24, 2.45) is 15.4 Å². The van der Waals surface area contributed by atoms with E-state index in [0.29, 0.717) is 16.6 Å². The summed E-state index contributed by atoms with van der Waals surface area (Å²) in [4.78, 5) is 4.06. The number of aromatic hydroxyl groups is 1. The zero-order valence-electron chi connectivity index (χ0n) is 12.6. The van der Waals surface area contributed by atoms with Crippen LogP contribution in [0.4, 0.5) is 11.4 Å². The van der Waals surface area contributed by atoms with Gasteiger partial charge in [-0.1, -0.05) is 0 Å². The molecule has 2 aromatic carbocycles. The van der Waals surface area contributed by atoms with Crippen molar-refractivity contribution in [3.8, 4) is 5.88 Å². The molecule has 0 saturated carbocycles. The number of fused-ring (bicyclic) bond motifs is 3. The number of nitrogens with zero attached hydrogens (tertiary/aromatic N) is 3. The van der Waals surface area contributed by atoms with Gasteiger partial charge >= 0.3 is 0 Å². The third-order valence-electron chi connectivity index (χ3n) is 3.75. The molecule has 2 aromatic heterocycles. The van der Waals surface area contributed by atoms with E-state index in [1.807, 2.05) is 6.07 Å². The lowest BCUT2D eigenvalue weighted by Crippen LogP contribution is -2.11. The van der Waals surface area contributed by atoms with Gasteiger partial charge in [0.05, 0.1) is 27.0 Å². The van der Waals surface area contributed by atoms with Crippen LogP contribution in [0.2, 0.25) is 0 Å². The van der Waals surface area contributed by atoms with Crippen LogP contribution < -0.4 is 5.14 Å². The summed E-state index contributed by atoms with van der Waals surface area (Å²) < 4.78 is 22.5. The first kappa shape index (κ1) is 15.3. The van der Waals surface area contributed by atoms with E-state index in [4.69, 9.17) is 5.14 Å². The lowest BCUT2D eigenvalue weighted by molar-refractivity contribution is 0.459. The minimum Gasteiger partial charge on any atom is -0.492 e. The minimum atomic E-state index is -3.76. The van der Waals surface area contributed by atoms with Gasteiger partial charge in [-0.3, -0.25) is 5.10 Å². The van der Waals surface area contributed by atoms with Gasteiger partial charge < -0.3 is 10.2 Å². The number of nitrogens with two attached hydrogens (primary N) is 1. The molecule has 0 amide bonds. The second kappa shape index (κ2) is 5.40. The molecule has 5 N–H and O–H groups in total. The maximum absolute atomic E-state index is 11.3. The quantitative estimate of drug-likeness (QED) is 0.417. The number of aromatic nitrogens is 3. The lowest BCUT2D eigenvalue weighted by Gasteiger charge is -1.98. The van der Waals surface area contributed by atoms with Gasteiger partial charge in [0.2, 0.25) is 15.9 Å². The van der Waals surface area contributed by atoms with Gasteiger partial charge in [-0.05, 0) is 36.4 Å². The van der Waals surface area contributed by atoms with E-state index in [1.54, 1.807) is 12.3 Å². The largest absolute Gasteiger partial charge is 0.492 e. The summed E-state index contributed by atoms with van der Waals surface area (Å²) in [6.45, 7) is 0. The summed E-state index contributed by atoms with van der Waals surface area (Å²) >= 11 is 0. The zero-order valence-corrected chi connectivity index (χ0v) is 13.4. The highest BCUT2D eigenvalue weighted by atomic mass is 32.2. The van der Waals surface area contributed by atoms with Gasteiger partial charge in [-0.15, -0.1) is 5.11 Å². The van der Waals surface area contributed by atoms with Crippen molar-refractivity contribution in [1.29, 1.82) is 0 Å². The fourth-order valence-corrected chi connectivity index (χ4v) is 3.08. The molecule has 0 spiro atoms. The summed E-state index contributed by atoms with van der Waals surface area (Å²) in [5.41, 5.74) is 1.97. The van der Waals surface area contributed by atoms with Gasteiger partial charge in [0.25, 0.3) is 0 Å². The van der Waals surface area contributed by atoms with Gasteiger partial charge in [0, 0.05) is 11.6 Å². The van der Waals surface area contributed by atoms with Crippen molar-refractivity contribution < 1.29 is 13.5 Å². The van der Waals surface area contributed by atoms with Gasteiger partial charge in [0.15, 0.2) is 5.69 Å². The highest BCUT2D eigenvalue weighted by Crippen LogP contribution is 2.39. The highest BCUT2D eigenvalue weighted by Gasteiger charge is 2.15. The molecule has 0 saturated heterocycles. The number of H-pyrrole nitrogens is 2. The van der Waals surface area contributed by atoms with Crippen molar-refractivity contribution in [3.05, 3.63) is 42.6 Å². The first-order chi connectivity index (χ1) is 11.9. The standard InChI is InChI=1S/C15H12N6O3S/c16-25(23,24)10-4-2-9(3-5-10)19-21-14-12-11(18-15(14)22)6-1-8-7-17-20-13(8)12/h1-7,17,20,22H,(H2,16,23,24). The van der Waals surface area contributed by atoms with Crippen LogP contribution in [0, 0.1) is 0 Å². The Bertz CT molecular complexity index is 1220. The van der Waals surface area contributed by atoms with E-state index in [0.717, 1.165) is 10.9 Å². The molecule has 0 atom stereocenters. The molecule has 0 bridgehead atoms.